The van der Waals surface area contributed by atoms with Gasteiger partial charge in [-0.05, 0) is 39.8 Å². The zero-order valence-electron chi connectivity index (χ0n) is 10.3. The second-order valence-corrected chi connectivity index (χ2v) is 4.57. The molecule has 88 valence electrons. The summed E-state index contributed by atoms with van der Waals surface area (Å²) in [6, 6.07) is 2.08. The number of nitrogens with one attached hydrogen (secondary N) is 1. The number of nitrogens with zero attached hydrogens (tertiary/aromatic N) is 3. The Morgan fingerprint density at radius 2 is 2.25 bits per heavy atom. The molecule has 1 aromatic rings. The summed E-state index contributed by atoms with van der Waals surface area (Å²) >= 11 is 0. The van der Waals surface area contributed by atoms with Crippen LogP contribution in [0.1, 0.15) is 17.9 Å². The molecular formula is C12H20N4. The van der Waals surface area contributed by atoms with Crippen molar-refractivity contribution in [3.8, 4) is 0 Å². The fourth-order valence-corrected chi connectivity index (χ4v) is 2.36. The summed E-state index contributed by atoms with van der Waals surface area (Å²) < 4.78 is 0. The molecular weight excluding hydrogens is 200 g/mol. The third-order valence-corrected chi connectivity index (χ3v) is 3.06. The third-order valence-electron chi connectivity index (χ3n) is 3.06. The molecule has 0 aromatic carbocycles. The quantitative estimate of drug-likeness (QED) is 0.829. The molecule has 1 fully saturated rings. The average molecular weight is 220 g/mol. The summed E-state index contributed by atoms with van der Waals surface area (Å²) in [6.07, 6.45) is 1.25. The van der Waals surface area contributed by atoms with Gasteiger partial charge in [0.15, 0.2) is 0 Å². The first-order chi connectivity index (χ1) is 7.69. The van der Waals surface area contributed by atoms with Gasteiger partial charge in [-0.25, -0.2) is 9.97 Å². The second kappa shape index (κ2) is 4.78. The predicted octanol–water partition coefficient (Wildman–Crippen LogP) is 1.14. The third kappa shape index (κ3) is 2.50. The lowest BCUT2D eigenvalue weighted by molar-refractivity contribution is 0.549. The van der Waals surface area contributed by atoms with E-state index >= 15 is 0 Å². The van der Waals surface area contributed by atoms with E-state index in [2.05, 4.69) is 26.3 Å². The zero-order valence-corrected chi connectivity index (χ0v) is 10.3. The summed E-state index contributed by atoms with van der Waals surface area (Å²) in [5.74, 6) is 2.70. The van der Waals surface area contributed by atoms with Crippen LogP contribution in [0.25, 0.3) is 0 Å². The molecule has 1 aromatic heterocycles. The Morgan fingerprint density at radius 1 is 1.44 bits per heavy atom. The van der Waals surface area contributed by atoms with Crippen molar-refractivity contribution in [2.75, 3.05) is 31.6 Å². The minimum absolute atomic E-state index is 0.751. The van der Waals surface area contributed by atoms with Crippen molar-refractivity contribution in [1.29, 1.82) is 0 Å². The van der Waals surface area contributed by atoms with Crippen LogP contribution in [0.4, 0.5) is 5.82 Å². The highest BCUT2D eigenvalue weighted by molar-refractivity contribution is 5.40. The fourth-order valence-electron chi connectivity index (χ4n) is 2.36. The lowest BCUT2D eigenvalue weighted by atomic mass is 10.1. The Labute approximate surface area is 97.1 Å². The molecule has 1 aliphatic heterocycles. The SMILES string of the molecule is CNCC1CCN(c2cc(C)nc(C)n2)C1. The van der Waals surface area contributed by atoms with Crippen LogP contribution in [0, 0.1) is 19.8 Å². The first kappa shape index (κ1) is 11.3. The van der Waals surface area contributed by atoms with Gasteiger partial charge in [0.2, 0.25) is 0 Å². The molecule has 16 heavy (non-hydrogen) atoms. The molecule has 0 spiro atoms. The van der Waals surface area contributed by atoms with Gasteiger partial charge in [0.05, 0.1) is 0 Å². The summed E-state index contributed by atoms with van der Waals surface area (Å²) in [4.78, 5) is 11.2. The van der Waals surface area contributed by atoms with Gasteiger partial charge in [-0.1, -0.05) is 0 Å². The number of rotatable bonds is 3. The minimum Gasteiger partial charge on any atom is -0.356 e. The van der Waals surface area contributed by atoms with E-state index in [0.29, 0.717) is 0 Å². The van der Waals surface area contributed by atoms with Crippen molar-refractivity contribution in [3.05, 3.63) is 17.6 Å². The van der Waals surface area contributed by atoms with Crippen LogP contribution in [-0.2, 0) is 0 Å². The molecule has 0 radical (unpaired) electrons. The van der Waals surface area contributed by atoms with Crippen LogP contribution in [0.3, 0.4) is 0 Å². The summed E-state index contributed by atoms with van der Waals surface area (Å²) in [5.41, 5.74) is 1.06. The fraction of sp³-hybridized carbons (Fsp3) is 0.667. The molecule has 2 heterocycles. The molecule has 1 aliphatic rings. The van der Waals surface area contributed by atoms with Gasteiger partial charge in [0, 0.05) is 24.8 Å². The molecule has 2 rings (SSSR count). The molecule has 0 amide bonds. The van der Waals surface area contributed by atoms with E-state index in [1.54, 1.807) is 0 Å². The van der Waals surface area contributed by atoms with Gasteiger partial charge < -0.3 is 10.2 Å². The van der Waals surface area contributed by atoms with Crippen LogP contribution in [0.2, 0.25) is 0 Å². The molecule has 1 saturated heterocycles. The van der Waals surface area contributed by atoms with Crippen LogP contribution in [0.15, 0.2) is 6.07 Å². The van der Waals surface area contributed by atoms with Gasteiger partial charge in [-0.15, -0.1) is 0 Å². The van der Waals surface area contributed by atoms with Crippen molar-refractivity contribution >= 4 is 5.82 Å². The predicted molar refractivity (Wildman–Crippen MR) is 65.8 cm³/mol. The molecule has 1 atom stereocenters. The zero-order chi connectivity index (χ0) is 11.5. The highest BCUT2D eigenvalue weighted by Crippen LogP contribution is 2.22. The maximum Gasteiger partial charge on any atom is 0.132 e. The van der Waals surface area contributed by atoms with Crippen LogP contribution in [-0.4, -0.2) is 36.6 Å². The maximum atomic E-state index is 4.50. The summed E-state index contributed by atoms with van der Waals surface area (Å²) in [7, 11) is 2.02. The lowest BCUT2D eigenvalue weighted by Crippen LogP contribution is -2.25. The maximum absolute atomic E-state index is 4.50. The number of aromatic nitrogens is 2. The Balaban J connectivity index is 2.08. The standard InChI is InChI=1S/C12H20N4/c1-9-6-12(15-10(2)14-9)16-5-4-11(8-16)7-13-3/h6,11,13H,4-5,7-8H2,1-3H3. The Morgan fingerprint density at radius 3 is 2.94 bits per heavy atom. The van der Waals surface area contributed by atoms with Gasteiger partial charge in [0.25, 0.3) is 0 Å². The van der Waals surface area contributed by atoms with Crippen LogP contribution >= 0.6 is 0 Å². The Bertz CT molecular complexity index is 344. The lowest BCUT2D eigenvalue weighted by Gasteiger charge is -2.18. The van der Waals surface area contributed by atoms with E-state index in [9.17, 15) is 0 Å². The van der Waals surface area contributed by atoms with Gasteiger partial charge >= 0.3 is 0 Å². The van der Waals surface area contributed by atoms with Gasteiger partial charge in [-0.2, -0.15) is 0 Å². The van der Waals surface area contributed by atoms with E-state index in [1.807, 2.05) is 20.9 Å². The van der Waals surface area contributed by atoms with Gasteiger partial charge in [-0.3, -0.25) is 0 Å². The van der Waals surface area contributed by atoms with Crippen LogP contribution < -0.4 is 10.2 Å². The van der Waals surface area contributed by atoms with Gasteiger partial charge in [0.1, 0.15) is 11.6 Å². The van der Waals surface area contributed by atoms with Crippen molar-refractivity contribution in [1.82, 2.24) is 15.3 Å². The number of hydrogen-bond acceptors (Lipinski definition) is 4. The average Bonchev–Trinajstić information content (AvgIpc) is 2.65. The molecule has 0 saturated carbocycles. The highest BCUT2D eigenvalue weighted by Gasteiger charge is 2.23. The molecule has 1 unspecified atom stereocenters. The van der Waals surface area contributed by atoms with Crippen molar-refractivity contribution in [2.24, 2.45) is 5.92 Å². The van der Waals surface area contributed by atoms with Crippen molar-refractivity contribution in [2.45, 2.75) is 20.3 Å². The van der Waals surface area contributed by atoms with E-state index in [-0.39, 0.29) is 0 Å². The van der Waals surface area contributed by atoms with E-state index in [4.69, 9.17) is 0 Å². The molecule has 0 bridgehead atoms. The minimum atomic E-state index is 0.751. The van der Waals surface area contributed by atoms with E-state index in [0.717, 1.165) is 42.9 Å². The van der Waals surface area contributed by atoms with Crippen molar-refractivity contribution in [3.63, 3.8) is 0 Å². The van der Waals surface area contributed by atoms with E-state index in [1.165, 1.54) is 6.42 Å². The molecule has 1 N–H and O–H groups in total. The first-order valence-electron chi connectivity index (χ1n) is 5.91. The smallest absolute Gasteiger partial charge is 0.132 e. The number of hydrogen-bond donors (Lipinski definition) is 1. The molecule has 4 nitrogen and oxygen atoms in total. The monoisotopic (exact) mass is 220 g/mol. The molecule has 4 heteroatoms. The Hall–Kier alpha value is -1.16. The van der Waals surface area contributed by atoms with Crippen LogP contribution in [0.5, 0.6) is 0 Å². The highest BCUT2D eigenvalue weighted by atomic mass is 15.2. The first-order valence-corrected chi connectivity index (χ1v) is 5.91. The molecule has 0 aliphatic carbocycles. The normalized spacial score (nSPS) is 20.4. The Kier molecular flexibility index (Phi) is 3.39. The number of anilines is 1. The number of aryl methyl sites for hydroxylation is 2. The summed E-state index contributed by atoms with van der Waals surface area (Å²) in [6.45, 7) is 7.30. The van der Waals surface area contributed by atoms with E-state index < -0.39 is 0 Å². The largest absolute Gasteiger partial charge is 0.356 e. The summed E-state index contributed by atoms with van der Waals surface area (Å²) in [5, 5.41) is 3.24. The topological polar surface area (TPSA) is 41.0 Å². The van der Waals surface area contributed by atoms with Crippen molar-refractivity contribution < 1.29 is 0 Å². The second-order valence-electron chi connectivity index (χ2n) is 4.57.